The number of nitrogens with one attached hydrogen (secondary N) is 1. The number of aliphatic carboxylic acids is 1. The van der Waals surface area contributed by atoms with Crippen LogP contribution in [0.1, 0.15) is 30.4 Å². The maximum absolute atomic E-state index is 12.5. The SMILES string of the molecule is Cc1ccc(CN2CC(C(=O)NCC3(C(=O)O)CCOCC3)CC2=O)cc1. The molecule has 2 fully saturated rings. The smallest absolute Gasteiger partial charge is 0.311 e. The van der Waals surface area contributed by atoms with Crippen LogP contribution in [0.3, 0.4) is 0 Å². The number of carboxylic acids is 1. The van der Waals surface area contributed by atoms with Gasteiger partial charge in [0.15, 0.2) is 0 Å². The van der Waals surface area contributed by atoms with E-state index in [1.807, 2.05) is 31.2 Å². The minimum absolute atomic E-state index is 0.0465. The van der Waals surface area contributed by atoms with Crippen LogP contribution in [0, 0.1) is 18.3 Å². The predicted octanol–water partition coefficient (Wildman–Crippen LogP) is 1.34. The van der Waals surface area contributed by atoms with Crippen molar-refractivity contribution in [3.05, 3.63) is 35.4 Å². The van der Waals surface area contributed by atoms with Crippen molar-refractivity contribution in [2.75, 3.05) is 26.3 Å². The van der Waals surface area contributed by atoms with Crippen molar-refractivity contribution in [1.29, 1.82) is 0 Å². The van der Waals surface area contributed by atoms with Crippen LogP contribution in [-0.2, 0) is 25.7 Å². The van der Waals surface area contributed by atoms with Crippen LogP contribution in [-0.4, -0.2) is 54.1 Å². The van der Waals surface area contributed by atoms with Crippen LogP contribution < -0.4 is 5.32 Å². The Morgan fingerprint density at radius 3 is 2.56 bits per heavy atom. The van der Waals surface area contributed by atoms with Gasteiger partial charge in [0.2, 0.25) is 11.8 Å². The van der Waals surface area contributed by atoms with Crippen LogP contribution in [0.2, 0.25) is 0 Å². The van der Waals surface area contributed by atoms with Gasteiger partial charge in [-0.1, -0.05) is 29.8 Å². The van der Waals surface area contributed by atoms with Gasteiger partial charge < -0.3 is 20.1 Å². The number of rotatable bonds is 6. The summed E-state index contributed by atoms with van der Waals surface area (Å²) in [5.74, 6) is -1.64. The third-order valence-corrected chi connectivity index (χ3v) is 5.58. The standard InChI is InChI=1S/C20H26N2O5/c1-14-2-4-15(5-3-14)11-22-12-16(10-17(22)23)18(24)21-13-20(19(25)26)6-8-27-9-7-20/h2-5,16H,6-13H2,1H3,(H,21,24)(H,25,26). The highest BCUT2D eigenvalue weighted by atomic mass is 16.5. The van der Waals surface area contributed by atoms with Crippen LogP contribution in [0.4, 0.5) is 0 Å². The van der Waals surface area contributed by atoms with Gasteiger partial charge in [-0.3, -0.25) is 14.4 Å². The Morgan fingerprint density at radius 1 is 1.26 bits per heavy atom. The van der Waals surface area contributed by atoms with Crippen molar-refractivity contribution < 1.29 is 24.2 Å². The van der Waals surface area contributed by atoms with Crippen LogP contribution in [0.5, 0.6) is 0 Å². The third kappa shape index (κ3) is 4.47. The molecule has 0 bridgehead atoms. The summed E-state index contributed by atoms with van der Waals surface area (Å²) < 4.78 is 5.25. The lowest BCUT2D eigenvalue weighted by Crippen LogP contribution is -2.47. The number of ether oxygens (including phenoxy) is 1. The number of likely N-dealkylation sites (tertiary alicyclic amines) is 1. The lowest BCUT2D eigenvalue weighted by atomic mass is 9.80. The van der Waals surface area contributed by atoms with E-state index in [0.29, 0.717) is 39.1 Å². The largest absolute Gasteiger partial charge is 0.481 e. The molecule has 3 rings (SSSR count). The first-order chi connectivity index (χ1) is 12.9. The van der Waals surface area contributed by atoms with E-state index in [2.05, 4.69) is 5.32 Å². The fourth-order valence-electron chi connectivity index (χ4n) is 3.64. The maximum atomic E-state index is 12.5. The molecule has 0 spiro atoms. The Bertz CT molecular complexity index is 710. The minimum Gasteiger partial charge on any atom is -0.481 e. The highest BCUT2D eigenvalue weighted by molar-refractivity contribution is 5.89. The summed E-state index contributed by atoms with van der Waals surface area (Å²) >= 11 is 0. The molecule has 7 heteroatoms. The first-order valence-electron chi connectivity index (χ1n) is 9.32. The summed E-state index contributed by atoms with van der Waals surface area (Å²) in [7, 11) is 0. The number of carbonyl (C=O) groups excluding carboxylic acids is 2. The van der Waals surface area contributed by atoms with Crippen molar-refractivity contribution in [3.63, 3.8) is 0 Å². The average Bonchev–Trinajstić information content (AvgIpc) is 3.03. The van der Waals surface area contributed by atoms with Gasteiger partial charge in [0.1, 0.15) is 0 Å². The topological polar surface area (TPSA) is 95.9 Å². The Morgan fingerprint density at radius 2 is 1.93 bits per heavy atom. The van der Waals surface area contributed by atoms with Gasteiger partial charge in [-0.2, -0.15) is 0 Å². The Hall–Kier alpha value is -2.41. The molecule has 2 amide bonds. The summed E-state index contributed by atoms with van der Waals surface area (Å²) in [5.41, 5.74) is 1.21. The van der Waals surface area contributed by atoms with E-state index in [0.717, 1.165) is 11.1 Å². The summed E-state index contributed by atoms with van der Waals surface area (Å²) in [4.78, 5) is 38.2. The van der Waals surface area contributed by atoms with E-state index in [1.54, 1.807) is 4.90 Å². The van der Waals surface area contributed by atoms with Crippen LogP contribution in [0.15, 0.2) is 24.3 Å². The molecule has 0 radical (unpaired) electrons. The van der Waals surface area contributed by atoms with E-state index in [4.69, 9.17) is 4.74 Å². The van der Waals surface area contributed by atoms with E-state index in [9.17, 15) is 19.5 Å². The Labute approximate surface area is 158 Å². The Kier molecular flexibility index (Phi) is 5.79. The molecule has 1 atom stereocenters. The molecule has 0 aromatic heterocycles. The zero-order chi connectivity index (χ0) is 19.4. The van der Waals surface area contributed by atoms with E-state index >= 15 is 0 Å². The number of amides is 2. The predicted molar refractivity (Wildman–Crippen MR) is 97.8 cm³/mol. The van der Waals surface area contributed by atoms with Crippen molar-refractivity contribution in [2.24, 2.45) is 11.3 Å². The number of hydrogen-bond donors (Lipinski definition) is 2. The molecule has 0 aliphatic carbocycles. The maximum Gasteiger partial charge on any atom is 0.311 e. The number of carbonyl (C=O) groups is 3. The van der Waals surface area contributed by atoms with E-state index in [1.165, 1.54) is 0 Å². The number of benzene rings is 1. The molecule has 2 saturated heterocycles. The van der Waals surface area contributed by atoms with Crippen molar-refractivity contribution >= 4 is 17.8 Å². The van der Waals surface area contributed by atoms with Crippen molar-refractivity contribution in [3.8, 4) is 0 Å². The molecule has 1 unspecified atom stereocenters. The first-order valence-corrected chi connectivity index (χ1v) is 9.32. The molecule has 7 nitrogen and oxygen atoms in total. The third-order valence-electron chi connectivity index (χ3n) is 5.58. The second-order valence-corrected chi connectivity index (χ2v) is 7.58. The van der Waals surface area contributed by atoms with Gasteiger partial charge in [-0.15, -0.1) is 0 Å². The number of hydrogen-bond acceptors (Lipinski definition) is 4. The first kappa shape index (κ1) is 19.4. The van der Waals surface area contributed by atoms with E-state index in [-0.39, 0.29) is 24.8 Å². The quantitative estimate of drug-likeness (QED) is 0.783. The molecule has 2 N–H and O–H groups in total. The summed E-state index contributed by atoms with van der Waals surface area (Å²) in [6.07, 6.45) is 0.929. The summed E-state index contributed by atoms with van der Waals surface area (Å²) in [5, 5.41) is 12.3. The van der Waals surface area contributed by atoms with Gasteiger partial charge in [-0.25, -0.2) is 0 Å². The second kappa shape index (κ2) is 8.08. The van der Waals surface area contributed by atoms with Gasteiger partial charge >= 0.3 is 5.97 Å². The fraction of sp³-hybridized carbons (Fsp3) is 0.550. The molecule has 146 valence electrons. The molecule has 2 aliphatic rings. The zero-order valence-corrected chi connectivity index (χ0v) is 15.6. The molecular formula is C20H26N2O5. The number of carboxylic acid groups (broad SMARTS) is 1. The zero-order valence-electron chi connectivity index (χ0n) is 15.6. The lowest BCUT2D eigenvalue weighted by molar-refractivity contribution is -0.154. The van der Waals surface area contributed by atoms with Crippen molar-refractivity contribution in [2.45, 2.75) is 32.7 Å². The molecule has 1 aromatic rings. The molecule has 0 saturated carbocycles. The number of aryl methyl sites for hydroxylation is 1. The van der Waals surface area contributed by atoms with E-state index < -0.39 is 17.3 Å². The van der Waals surface area contributed by atoms with Gasteiger partial charge in [0.05, 0.1) is 11.3 Å². The molecule has 1 aromatic carbocycles. The summed E-state index contributed by atoms with van der Waals surface area (Å²) in [6.45, 7) is 3.70. The minimum atomic E-state index is -0.974. The van der Waals surface area contributed by atoms with Gasteiger partial charge in [-0.05, 0) is 25.3 Å². The average molecular weight is 374 g/mol. The van der Waals surface area contributed by atoms with Gasteiger partial charge in [0, 0.05) is 39.3 Å². The normalized spacial score (nSPS) is 21.9. The number of nitrogens with zero attached hydrogens (tertiary/aromatic N) is 1. The highest BCUT2D eigenvalue weighted by Gasteiger charge is 2.42. The summed E-state index contributed by atoms with van der Waals surface area (Å²) in [6, 6.07) is 7.97. The highest BCUT2D eigenvalue weighted by Crippen LogP contribution is 2.30. The molecule has 2 aliphatic heterocycles. The van der Waals surface area contributed by atoms with Crippen LogP contribution in [0.25, 0.3) is 0 Å². The van der Waals surface area contributed by atoms with Crippen LogP contribution >= 0.6 is 0 Å². The van der Waals surface area contributed by atoms with Crippen molar-refractivity contribution in [1.82, 2.24) is 10.2 Å². The molecule has 27 heavy (non-hydrogen) atoms. The second-order valence-electron chi connectivity index (χ2n) is 7.58. The Balaban J connectivity index is 1.55. The lowest BCUT2D eigenvalue weighted by Gasteiger charge is -2.33. The fourth-order valence-corrected chi connectivity index (χ4v) is 3.64. The van der Waals surface area contributed by atoms with Gasteiger partial charge in [0.25, 0.3) is 0 Å². The molecular weight excluding hydrogens is 348 g/mol. The molecule has 2 heterocycles. The monoisotopic (exact) mass is 374 g/mol.